The van der Waals surface area contributed by atoms with Crippen LogP contribution in [0.5, 0.6) is 0 Å². The molecule has 5 nitrogen and oxygen atoms in total. The minimum atomic E-state index is -0.702. The fraction of sp³-hybridized carbons (Fsp3) is 0. The van der Waals surface area contributed by atoms with Crippen molar-refractivity contribution in [3.8, 4) is 0 Å². The molecule has 0 aliphatic carbocycles. The molecule has 0 aliphatic rings. The number of benzene rings is 1. The maximum Gasteiger partial charge on any atom is 0.239 e. The number of nitrogens with one attached hydrogen (secondary N) is 2. The van der Waals surface area contributed by atoms with Crippen LogP contribution >= 0.6 is 0 Å². The number of hydrazine groups is 1. The summed E-state index contributed by atoms with van der Waals surface area (Å²) in [4.78, 5) is 7.29. The Morgan fingerprint density at radius 3 is 2.59 bits per heavy atom. The summed E-state index contributed by atoms with van der Waals surface area (Å²) in [6.07, 6.45) is 0.936. The van der Waals surface area contributed by atoms with Gasteiger partial charge in [0.05, 0.1) is 11.9 Å². The van der Waals surface area contributed by atoms with Crippen LogP contribution in [-0.2, 0) is 0 Å². The summed E-state index contributed by atoms with van der Waals surface area (Å²) in [7, 11) is 0. The number of hydrogen-bond acceptors (Lipinski definition) is 5. The number of nitrogens with zero attached hydrogens (tertiary/aromatic N) is 2. The van der Waals surface area contributed by atoms with Crippen molar-refractivity contribution in [2.75, 3.05) is 10.7 Å². The predicted molar refractivity (Wildman–Crippen MR) is 59.5 cm³/mol. The summed E-state index contributed by atoms with van der Waals surface area (Å²) in [6.45, 7) is 0. The van der Waals surface area contributed by atoms with Crippen molar-refractivity contribution < 1.29 is 8.78 Å². The molecular weight excluding hydrogens is 228 g/mol. The molecule has 0 fully saturated rings. The summed E-state index contributed by atoms with van der Waals surface area (Å²) in [5.41, 5.74) is 2.29. The Morgan fingerprint density at radius 2 is 1.88 bits per heavy atom. The van der Waals surface area contributed by atoms with Gasteiger partial charge in [0, 0.05) is 0 Å². The Balaban J connectivity index is 2.32. The second-order valence-electron chi connectivity index (χ2n) is 3.14. The van der Waals surface area contributed by atoms with E-state index in [2.05, 4.69) is 20.7 Å². The van der Waals surface area contributed by atoms with Gasteiger partial charge < -0.3 is 5.32 Å². The highest BCUT2D eigenvalue weighted by Gasteiger charge is 2.08. The summed E-state index contributed by atoms with van der Waals surface area (Å²) < 4.78 is 26.7. The van der Waals surface area contributed by atoms with Crippen LogP contribution in [0.1, 0.15) is 0 Å². The van der Waals surface area contributed by atoms with Crippen molar-refractivity contribution in [2.45, 2.75) is 0 Å². The smallest absolute Gasteiger partial charge is 0.239 e. The fourth-order valence-electron chi connectivity index (χ4n) is 1.21. The molecule has 1 heterocycles. The molecule has 0 spiro atoms. The highest BCUT2D eigenvalue weighted by atomic mass is 19.1. The third-order valence-electron chi connectivity index (χ3n) is 2.00. The zero-order valence-electron chi connectivity index (χ0n) is 8.61. The third-order valence-corrected chi connectivity index (χ3v) is 2.00. The summed E-state index contributed by atoms with van der Waals surface area (Å²) in [6, 6.07) is 5.87. The van der Waals surface area contributed by atoms with Crippen molar-refractivity contribution >= 4 is 17.5 Å². The van der Waals surface area contributed by atoms with E-state index in [0.29, 0.717) is 0 Å². The summed E-state index contributed by atoms with van der Waals surface area (Å²) in [5.74, 6) is 3.76. The zero-order valence-corrected chi connectivity index (χ0v) is 8.61. The Labute approximate surface area is 95.7 Å². The van der Waals surface area contributed by atoms with E-state index in [1.54, 1.807) is 6.07 Å². The molecule has 0 saturated heterocycles. The molecule has 0 aliphatic heterocycles. The molecular formula is C10H9F2N5. The number of hydrogen-bond donors (Lipinski definition) is 3. The van der Waals surface area contributed by atoms with Crippen LogP contribution in [0.25, 0.3) is 0 Å². The number of nitrogen functional groups attached to an aromatic ring is 1. The lowest BCUT2D eigenvalue weighted by Crippen LogP contribution is -2.12. The van der Waals surface area contributed by atoms with Crippen LogP contribution in [0.15, 0.2) is 30.5 Å². The molecule has 4 N–H and O–H groups in total. The van der Waals surface area contributed by atoms with E-state index in [1.807, 2.05) is 0 Å². The van der Waals surface area contributed by atoms with E-state index in [0.717, 1.165) is 6.20 Å². The largest absolute Gasteiger partial charge is 0.335 e. The van der Waals surface area contributed by atoms with Crippen molar-refractivity contribution in [2.24, 2.45) is 5.84 Å². The van der Waals surface area contributed by atoms with Crippen molar-refractivity contribution in [3.63, 3.8) is 0 Å². The van der Waals surface area contributed by atoms with Gasteiger partial charge in [0.25, 0.3) is 0 Å². The quantitative estimate of drug-likeness (QED) is 0.560. The lowest BCUT2D eigenvalue weighted by atomic mass is 10.3. The Morgan fingerprint density at radius 1 is 1.12 bits per heavy atom. The van der Waals surface area contributed by atoms with E-state index >= 15 is 0 Å². The molecule has 1 aromatic heterocycles. The highest BCUT2D eigenvalue weighted by molar-refractivity contribution is 5.57. The number of nitrogens with two attached hydrogens (primary N) is 1. The second kappa shape index (κ2) is 4.71. The Kier molecular flexibility index (Phi) is 3.10. The molecule has 17 heavy (non-hydrogen) atoms. The Hall–Kier alpha value is -2.28. The van der Waals surface area contributed by atoms with E-state index in [4.69, 9.17) is 5.84 Å². The van der Waals surface area contributed by atoms with Crippen LogP contribution in [0.2, 0.25) is 0 Å². The minimum Gasteiger partial charge on any atom is -0.335 e. The lowest BCUT2D eigenvalue weighted by molar-refractivity contribution is 0.616. The molecule has 0 unspecified atom stereocenters. The van der Waals surface area contributed by atoms with Crippen molar-refractivity contribution in [3.05, 3.63) is 42.1 Å². The topological polar surface area (TPSA) is 75.9 Å². The number of para-hydroxylation sites is 1. The molecule has 0 saturated carbocycles. The van der Waals surface area contributed by atoms with Crippen LogP contribution in [0.4, 0.5) is 26.2 Å². The molecule has 1 aromatic carbocycles. The van der Waals surface area contributed by atoms with E-state index in [9.17, 15) is 8.78 Å². The van der Waals surface area contributed by atoms with Gasteiger partial charge in [-0.15, -0.1) is 0 Å². The molecule has 0 amide bonds. The van der Waals surface area contributed by atoms with E-state index in [-0.39, 0.29) is 17.5 Å². The molecule has 0 atom stereocenters. The van der Waals surface area contributed by atoms with Crippen LogP contribution < -0.4 is 16.6 Å². The zero-order chi connectivity index (χ0) is 12.3. The molecule has 0 bridgehead atoms. The third kappa shape index (κ3) is 2.45. The molecule has 2 rings (SSSR count). The van der Waals surface area contributed by atoms with Crippen LogP contribution in [0, 0.1) is 11.6 Å². The first-order valence-electron chi connectivity index (χ1n) is 4.71. The van der Waals surface area contributed by atoms with E-state index < -0.39 is 11.6 Å². The minimum absolute atomic E-state index is 0.0326. The van der Waals surface area contributed by atoms with Gasteiger partial charge >= 0.3 is 0 Å². The highest BCUT2D eigenvalue weighted by Crippen LogP contribution is 2.20. The standard InChI is InChI=1S/C10H9F2N5/c11-6-3-1-2-4-8(6)15-9-7(12)5-14-10(16-9)17-13/h1-5H,13H2,(H2,14,15,16,17). The van der Waals surface area contributed by atoms with Crippen molar-refractivity contribution in [1.29, 1.82) is 0 Å². The molecule has 7 heteroatoms. The number of aromatic nitrogens is 2. The van der Waals surface area contributed by atoms with Crippen LogP contribution in [0.3, 0.4) is 0 Å². The first-order valence-corrected chi connectivity index (χ1v) is 4.71. The maximum absolute atomic E-state index is 13.3. The number of rotatable bonds is 3. The monoisotopic (exact) mass is 237 g/mol. The van der Waals surface area contributed by atoms with Gasteiger partial charge in [-0.1, -0.05) is 12.1 Å². The van der Waals surface area contributed by atoms with Gasteiger partial charge in [-0.2, -0.15) is 4.98 Å². The first-order chi connectivity index (χ1) is 8.20. The normalized spacial score (nSPS) is 10.1. The average molecular weight is 237 g/mol. The fourth-order valence-corrected chi connectivity index (χ4v) is 1.21. The molecule has 2 aromatic rings. The van der Waals surface area contributed by atoms with Crippen molar-refractivity contribution in [1.82, 2.24) is 9.97 Å². The van der Waals surface area contributed by atoms with E-state index in [1.165, 1.54) is 18.2 Å². The average Bonchev–Trinajstić information content (AvgIpc) is 2.35. The molecule has 0 radical (unpaired) electrons. The van der Waals surface area contributed by atoms with Gasteiger partial charge in [0.15, 0.2) is 11.6 Å². The van der Waals surface area contributed by atoms with Gasteiger partial charge in [-0.25, -0.2) is 19.6 Å². The molecule has 88 valence electrons. The summed E-state index contributed by atoms with van der Waals surface area (Å²) >= 11 is 0. The lowest BCUT2D eigenvalue weighted by Gasteiger charge is -2.08. The number of anilines is 3. The maximum atomic E-state index is 13.3. The second-order valence-corrected chi connectivity index (χ2v) is 3.14. The van der Waals surface area contributed by atoms with Gasteiger partial charge in [0.2, 0.25) is 5.95 Å². The predicted octanol–water partition coefficient (Wildman–Crippen LogP) is 1.78. The van der Waals surface area contributed by atoms with Crippen LogP contribution in [-0.4, -0.2) is 9.97 Å². The number of halogens is 2. The van der Waals surface area contributed by atoms with Gasteiger partial charge in [0.1, 0.15) is 5.82 Å². The SMILES string of the molecule is NNc1ncc(F)c(Nc2ccccc2F)n1. The first kappa shape index (κ1) is 11.2. The van der Waals surface area contributed by atoms with Gasteiger partial charge in [-0.3, -0.25) is 5.43 Å². The summed E-state index contributed by atoms with van der Waals surface area (Å²) in [5, 5.41) is 2.52. The van der Waals surface area contributed by atoms with Gasteiger partial charge in [-0.05, 0) is 12.1 Å². The Bertz CT molecular complexity index is 532.